The van der Waals surface area contributed by atoms with Crippen LogP contribution in [0.25, 0.3) is 11.1 Å². The number of hydrogen-bond acceptors (Lipinski definition) is 7. The Labute approximate surface area is 182 Å². The number of anilines is 1. The van der Waals surface area contributed by atoms with Crippen LogP contribution in [0.1, 0.15) is 42.5 Å². The van der Waals surface area contributed by atoms with Crippen molar-refractivity contribution in [2.75, 3.05) is 4.72 Å². The zero-order valence-corrected chi connectivity index (χ0v) is 18.4. The molecule has 1 N–H and O–H groups in total. The quantitative estimate of drug-likeness (QED) is 0.490. The molecule has 2 aromatic carbocycles. The number of rotatable bonds is 5. The second kappa shape index (κ2) is 7.61. The second-order valence-corrected chi connectivity index (χ2v) is 10.0. The van der Waals surface area contributed by atoms with Gasteiger partial charge in [-0.15, -0.1) is 0 Å². The van der Waals surface area contributed by atoms with Gasteiger partial charge >= 0.3 is 5.76 Å². The van der Waals surface area contributed by atoms with Crippen LogP contribution in [0.4, 0.5) is 5.13 Å². The van der Waals surface area contributed by atoms with Gasteiger partial charge in [0.15, 0.2) is 5.58 Å². The van der Waals surface area contributed by atoms with E-state index in [0.29, 0.717) is 5.52 Å². The first-order valence-electron chi connectivity index (χ1n) is 9.99. The molecule has 4 aromatic rings. The van der Waals surface area contributed by atoms with Crippen LogP contribution in [0.3, 0.4) is 0 Å². The van der Waals surface area contributed by atoms with Crippen LogP contribution in [-0.2, 0) is 22.9 Å². The van der Waals surface area contributed by atoms with Crippen LogP contribution in [0.15, 0.2) is 56.8 Å². The summed E-state index contributed by atoms with van der Waals surface area (Å²) in [6, 6.07) is 10.5. The monoisotopic (exact) mass is 456 g/mol. The molecule has 0 bridgehead atoms. The molecule has 2 aromatic heterocycles. The predicted octanol–water partition coefficient (Wildman–Crippen LogP) is 3.73. The summed E-state index contributed by atoms with van der Waals surface area (Å²) in [5.74, 6) is -0.512. The smallest absolute Gasteiger partial charge is 0.408 e. The van der Waals surface area contributed by atoms with Crippen LogP contribution in [-0.4, -0.2) is 22.3 Å². The number of hydrogen-bond donors (Lipinski definition) is 1. The Morgan fingerprint density at radius 3 is 2.84 bits per heavy atom. The third-order valence-electron chi connectivity index (χ3n) is 5.75. The Balaban J connectivity index is 1.56. The van der Waals surface area contributed by atoms with Gasteiger partial charge in [-0.25, -0.2) is 18.2 Å². The third kappa shape index (κ3) is 3.55. The van der Waals surface area contributed by atoms with Crippen molar-refractivity contribution in [1.29, 1.82) is 0 Å². The Bertz CT molecular complexity index is 1420. The first kappa shape index (κ1) is 20.0. The lowest BCUT2D eigenvalue weighted by Gasteiger charge is -2.23. The number of aryl methyl sites for hydroxylation is 1. The zero-order chi connectivity index (χ0) is 21.6. The SMILES string of the molecule is C[C@@H](c1cccc2c1CCCC2)n1c(=O)oc2cc(S(=O)(=O)Nc3ncns3)ccc21. The van der Waals surface area contributed by atoms with E-state index in [1.54, 1.807) is 10.6 Å². The fourth-order valence-electron chi connectivity index (χ4n) is 4.28. The van der Waals surface area contributed by atoms with Crippen molar-refractivity contribution in [3.05, 3.63) is 70.0 Å². The molecule has 5 rings (SSSR count). The number of nitrogens with one attached hydrogen (secondary N) is 1. The number of benzene rings is 2. The maximum atomic E-state index is 12.8. The minimum absolute atomic E-state index is 0.0131. The number of nitrogens with zero attached hydrogens (tertiary/aromatic N) is 3. The van der Waals surface area contributed by atoms with Gasteiger partial charge in [-0.2, -0.15) is 4.37 Å². The molecule has 0 unspecified atom stereocenters. The summed E-state index contributed by atoms with van der Waals surface area (Å²) in [5, 5.41) is 0.168. The predicted molar refractivity (Wildman–Crippen MR) is 118 cm³/mol. The Morgan fingerprint density at radius 2 is 2.03 bits per heavy atom. The van der Waals surface area contributed by atoms with E-state index in [4.69, 9.17) is 4.42 Å². The van der Waals surface area contributed by atoms with Crippen LogP contribution in [0, 0.1) is 0 Å². The standard InChI is InChI=1S/C21H20N4O4S2/c1-13(16-8-4-6-14-5-2-3-7-17(14)16)25-18-10-9-15(11-19(18)29-21(25)26)31(27,28)24-20-22-12-23-30-20/h4,6,8-13H,2-3,5,7H2,1H3,(H,22,23,24)/t13-/m0/s1. The fourth-order valence-corrected chi connectivity index (χ4v) is 5.96. The van der Waals surface area contributed by atoms with Gasteiger partial charge in [-0.05, 0) is 61.4 Å². The summed E-state index contributed by atoms with van der Waals surface area (Å²) in [6.45, 7) is 1.97. The average molecular weight is 457 g/mol. The summed E-state index contributed by atoms with van der Waals surface area (Å²) in [7, 11) is -3.88. The van der Waals surface area contributed by atoms with Crippen molar-refractivity contribution in [2.45, 2.75) is 43.5 Å². The highest BCUT2D eigenvalue weighted by atomic mass is 32.2. The molecule has 0 fully saturated rings. The molecular weight excluding hydrogens is 436 g/mol. The average Bonchev–Trinajstić information content (AvgIpc) is 3.38. The molecule has 31 heavy (non-hydrogen) atoms. The number of oxazole rings is 1. The lowest BCUT2D eigenvalue weighted by Crippen LogP contribution is -2.21. The van der Waals surface area contributed by atoms with Crippen molar-refractivity contribution >= 4 is 37.8 Å². The molecule has 0 spiro atoms. The first-order chi connectivity index (χ1) is 14.9. The lowest BCUT2D eigenvalue weighted by molar-refractivity contribution is 0.487. The van der Waals surface area contributed by atoms with Gasteiger partial charge in [0.25, 0.3) is 10.0 Å². The van der Waals surface area contributed by atoms with Gasteiger partial charge in [0.2, 0.25) is 5.13 Å². The van der Waals surface area contributed by atoms with Gasteiger partial charge in [-0.1, -0.05) is 18.2 Å². The van der Waals surface area contributed by atoms with E-state index in [1.165, 1.54) is 36.0 Å². The highest BCUT2D eigenvalue weighted by Gasteiger charge is 2.23. The summed E-state index contributed by atoms with van der Waals surface area (Å²) in [5.41, 5.74) is 4.54. The Kier molecular flexibility index (Phi) is 4.90. The molecule has 1 aliphatic rings. The molecule has 0 saturated carbocycles. The minimum Gasteiger partial charge on any atom is -0.408 e. The van der Waals surface area contributed by atoms with Crippen LogP contribution in [0.5, 0.6) is 0 Å². The molecule has 10 heteroatoms. The van der Waals surface area contributed by atoms with Gasteiger partial charge < -0.3 is 4.42 Å². The molecule has 0 aliphatic heterocycles. The molecule has 160 valence electrons. The van der Waals surface area contributed by atoms with Crippen LogP contribution in [0.2, 0.25) is 0 Å². The van der Waals surface area contributed by atoms with E-state index in [-0.39, 0.29) is 21.7 Å². The van der Waals surface area contributed by atoms with Gasteiger partial charge in [0, 0.05) is 17.6 Å². The normalized spacial score (nSPS) is 15.0. The van der Waals surface area contributed by atoms with E-state index in [9.17, 15) is 13.2 Å². The van der Waals surface area contributed by atoms with Crippen molar-refractivity contribution < 1.29 is 12.8 Å². The van der Waals surface area contributed by atoms with Crippen molar-refractivity contribution in [3.63, 3.8) is 0 Å². The minimum atomic E-state index is -3.88. The highest BCUT2D eigenvalue weighted by molar-refractivity contribution is 7.93. The topological polar surface area (TPSA) is 107 Å². The van der Waals surface area contributed by atoms with Crippen LogP contribution < -0.4 is 10.5 Å². The molecule has 1 aliphatic carbocycles. The molecule has 0 saturated heterocycles. The highest BCUT2D eigenvalue weighted by Crippen LogP contribution is 2.31. The molecule has 2 heterocycles. The van der Waals surface area contributed by atoms with E-state index < -0.39 is 15.8 Å². The molecule has 1 atom stereocenters. The van der Waals surface area contributed by atoms with Gasteiger partial charge in [0.1, 0.15) is 6.33 Å². The van der Waals surface area contributed by atoms with E-state index in [0.717, 1.165) is 36.4 Å². The molecular formula is C21H20N4O4S2. The maximum Gasteiger partial charge on any atom is 0.420 e. The fraction of sp³-hybridized carbons (Fsp3) is 0.286. The molecule has 0 radical (unpaired) electrons. The summed E-state index contributed by atoms with van der Waals surface area (Å²) in [6.07, 6.45) is 5.65. The summed E-state index contributed by atoms with van der Waals surface area (Å²) in [4.78, 5) is 16.6. The third-order valence-corrected chi connectivity index (χ3v) is 7.79. The summed E-state index contributed by atoms with van der Waals surface area (Å²) >= 11 is 0.938. The summed E-state index contributed by atoms with van der Waals surface area (Å²) < 4.78 is 38.5. The Hall–Kier alpha value is -2.98. The first-order valence-corrected chi connectivity index (χ1v) is 12.2. The second-order valence-electron chi connectivity index (χ2n) is 7.59. The zero-order valence-electron chi connectivity index (χ0n) is 16.7. The number of aromatic nitrogens is 3. The van der Waals surface area contributed by atoms with E-state index in [2.05, 4.69) is 26.2 Å². The lowest BCUT2D eigenvalue weighted by atomic mass is 9.86. The van der Waals surface area contributed by atoms with Crippen molar-refractivity contribution in [2.24, 2.45) is 0 Å². The van der Waals surface area contributed by atoms with E-state index >= 15 is 0 Å². The largest absolute Gasteiger partial charge is 0.420 e. The molecule has 0 amide bonds. The van der Waals surface area contributed by atoms with Crippen LogP contribution >= 0.6 is 11.5 Å². The van der Waals surface area contributed by atoms with Gasteiger partial charge in [-0.3, -0.25) is 9.29 Å². The maximum absolute atomic E-state index is 12.8. The van der Waals surface area contributed by atoms with E-state index in [1.807, 2.05) is 13.0 Å². The van der Waals surface area contributed by atoms with Crippen molar-refractivity contribution in [3.8, 4) is 0 Å². The Morgan fingerprint density at radius 1 is 1.19 bits per heavy atom. The number of fused-ring (bicyclic) bond motifs is 2. The number of sulfonamides is 1. The van der Waals surface area contributed by atoms with Gasteiger partial charge in [0.05, 0.1) is 16.5 Å². The van der Waals surface area contributed by atoms with Crippen molar-refractivity contribution in [1.82, 2.24) is 13.9 Å². The molecule has 8 nitrogen and oxygen atoms in total.